The quantitative estimate of drug-likeness (QED) is 0.571. The van der Waals surface area contributed by atoms with Crippen LogP contribution < -0.4 is 10.2 Å². The molecule has 5 nitrogen and oxygen atoms in total. The number of rotatable bonds is 2. The highest BCUT2D eigenvalue weighted by molar-refractivity contribution is 5.98. The lowest BCUT2D eigenvalue weighted by molar-refractivity contribution is 0.112. The molecule has 1 N–H and O–H groups in total. The summed E-state index contributed by atoms with van der Waals surface area (Å²) in [6.45, 7) is 0. The molecule has 5 heteroatoms. The molecule has 3 rings (SSSR count). The van der Waals surface area contributed by atoms with Gasteiger partial charge in [-0.25, -0.2) is 0 Å². The van der Waals surface area contributed by atoms with Crippen LogP contribution in [0.3, 0.4) is 0 Å². The Kier molecular flexibility index (Phi) is 2.68. The van der Waals surface area contributed by atoms with Crippen molar-refractivity contribution in [2.45, 2.75) is 0 Å². The predicted octanol–water partition coefficient (Wildman–Crippen LogP) is 2.47. The van der Waals surface area contributed by atoms with Crippen LogP contribution in [-0.4, -0.2) is 18.5 Å². The highest BCUT2D eigenvalue weighted by Crippen LogP contribution is 2.37. The van der Waals surface area contributed by atoms with Gasteiger partial charge in [-0.3, -0.25) is 9.59 Å². The number of hydrogen-bond donors (Lipinski definition) is 1. The molecule has 0 amide bonds. The normalized spacial score (nSPS) is 10.8. The van der Waals surface area contributed by atoms with E-state index >= 15 is 0 Å². The Labute approximate surface area is 113 Å². The SMILES string of the molecule is COc1c(O)c(C=O)cc2c(=O)c3ccccc3oc12. The minimum atomic E-state index is -0.339. The highest BCUT2D eigenvalue weighted by Gasteiger charge is 2.18. The molecule has 1 heterocycles. The van der Waals surface area contributed by atoms with Crippen molar-refractivity contribution in [2.24, 2.45) is 0 Å². The zero-order valence-corrected chi connectivity index (χ0v) is 10.5. The fourth-order valence-corrected chi connectivity index (χ4v) is 2.20. The third-order valence-corrected chi connectivity index (χ3v) is 3.16. The number of hydrogen-bond acceptors (Lipinski definition) is 5. The lowest BCUT2D eigenvalue weighted by Crippen LogP contribution is -2.04. The van der Waals surface area contributed by atoms with E-state index in [0.29, 0.717) is 17.3 Å². The van der Waals surface area contributed by atoms with Gasteiger partial charge in [-0.15, -0.1) is 0 Å². The lowest BCUT2D eigenvalue weighted by Gasteiger charge is -2.09. The van der Waals surface area contributed by atoms with Crippen LogP contribution in [0.15, 0.2) is 39.5 Å². The molecule has 0 atom stereocenters. The molecule has 0 unspecified atom stereocenters. The second kappa shape index (κ2) is 4.38. The first-order valence-corrected chi connectivity index (χ1v) is 5.88. The van der Waals surface area contributed by atoms with E-state index in [0.717, 1.165) is 0 Å². The average molecular weight is 270 g/mol. The molecular formula is C15H10O5. The summed E-state index contributed by atoms with van der Waals surface area (Å²) in [5.74, 6) is -0.360. The Morgan fingerprint density at radius 2 is 2.00 bits per heavy atom. The molecule has 0 spiro atoms. The maximum absolute atomic E-state index is 12.4. The second-order valence-electron chi connectivity index (χ2n) is 4.27. The van der Waals surface area contributed by atoms with Gasteiger partial charge in [-0.1, -0.05) is 12.1 Å². The second-order valence-corrected chi connectivity index (χ2v) is 4.27. The van der Waals surface area contributed by atoms with Crippen molar-refractivity contribution in [1.82, 2.24) is 0 Å². The maximum Gasteiger partial charge on any atom is 0.205 e. The molecule has 1 aromatic heterocycles. The van der Waals surface area contributed by atoms with E-state index in [1.807, 2.05) is 0 Å². The van der Waals surface area contributed by atoms with Crippen LogP contribution in [-0.2, 0) is 0 Å². The number of phenols is 1. The maximum atomic E-state index is 12.4. The smallest absolute Gasteiger partial charge is 0.205 e. The molecule has 0 radical (unpaired) electrons. The van der Waals surface area contributed by atoms with E-state index in [1.54, 1.807) is 24.3 Å². The molecule has 0 bridgehead atoms. The molecule has 2 aromatic carbocycles. The van der Waals surface area contributed by atoms with Gasteiger partial charge in [0.25, 0.3) is 0 Å². The molecule has 0 saturated carbocycles. The zero-order valence-electron chi connectivity index (χ0n) is 10.5. The molecule has 0 saturated heterocycles. The highest BCUT2D eigenvalue weighted by atomic mass is 16.5. The van der Waals surface area contributed by atoms with Crippen molar-refractivity contribution < 1.29 is 19.1 Å². The van der Waals surface area contributed by atoms with Gasteiger partial charge < -0.3 is 14.3 Å². The van der Waals surface area contributed by atoms with Gasteiger partial charge in [0, 0.05) is 0 Å². The summed E-state index contributed by atoms with van der Waals surface area (Å²) in [5.41, 5.74) is 0.223. The summed E-state index contributed by atoms with van der Waals surface area (Å²) < 4.78 is 10.7. The van der Waals surface area contributed by atoms with Gasteiger partial charge in [0.05, 0.1) is 23.4 Å². The minimum absolute atomic E-state index is 0.0167. The van der Waals surface area contributed by atoms with E-state index in [-0.39, 0.29) is 33.5 Å². The van der Waals surface area contributed by atoms with Crippen LogP contribution in [0.25, 0.3) is 21.9 Å². The number of aromatic hydroxyl groups is 1. The van der Waals surface area contributed by atoms with E-state index < -0.39 is 0 Å². The Bertz CT molecular complexity index is 892. The molecule has 0 aliphatic carbocycles. The van der Waals surface area contributed by atoms with Crippen molar-refractivity contribution in [1.29, 1.82) is 0 Å². The van der Waals surface area contributed by atoms with Gasteiger partial charge >= 0.3 is 0 Å². The molecular weight excluding hydrogens is 260 g/mol. The van der Waals surface area contributed by atoms with E-state index in [9.17, 15) is 14.7 Å². The first-order valence-electron chi connectivity index (χ1n) is 5.88. The van der Waals surface area contributed by atoms with Gasteiger partial charge in [-0.05, 0) is 18.2 Å². The van der Waals surface area contributed by atoms with Crippen LogP contribution in [0, 0.1) is 0 Å². The minimum Gasteiger partial charge on any atom is -0.504 e. The van der Waals surface area contributed by atoms with Gasteiger partial charge in [0.15, 0.2) is 17.6 Å². The number of carbonyl (C=O) groups is 1. The van der Waals surface area contributed by atoms with Crippen molar-refractivity contribution in [3.8, 4) is 11.5 Å². The van der Waals surface area contributed by atoms with Crippen LogP contribution >= 0.6 is 0 Å². The number of ether oxygens (including phenoxy) is 1. The molecule has 20 heavy (non-hydrogen) atoms. The monoisotopic (exact) mass is 270 g/mol. The Balaban J connectivity index is 2.61. The summed E-state index contributed by atoms with van der Waals surface area (Å²) >= 11 is 0. The van der Waals surface area contributed by atoms with Crippen LogP contribution in [0.4, 0.5) is 0 Å². The standard InChI is InChI=1S/C15H10O5/c1-19-15-12(17)8(7-16)6-10-13(18)9-4-2-3-5-11(9)20-14(10)15/h2-7,17H,1H3. The number of fused-ring (bicyclic) bond motifs is 2. The Morgan fingerprint density at radius 1 is 1.25 bits per heavy atom. The third-order valence-electron chi connectivity index (χ3n) is 3.16. The summed E-state index contributed by atoms with van der Waals surface area (Å²) in [6, 6.07) is 8.06. The number of carbonyl (C=O) groups excluding carboxylic acids is 1. The van der Waals surface area contributed by atoms with E-state index in [4.69, 9.17) is 9.15 Å². The van der Waals surface area contributed by atoms with Crippen LogP contribution in [0.2, 0.25) is 0 Å². The van der Waals surface area contributed by atoms with Crippen molar-refractivity contribution in [3.63, 3.8) is 0 Å². The van der Waals surface area contributed by atoms with E-state index in [1.165, 1.54) is 13.2 Å². The summed E-state index contributed by atoms with van der Waals surface area (Å²) in [6.07, 6.45) is 0.464. The van der Waals surface area contributed by atoms with Crippen LogP contribution in [0.1, 0.15) is 10.4 Å². The summed E-state index contributed by atoms with van der Waals surface area (Å²) in [5, 5.41) is 10.5. The fourth-order valence-electron chi connectivity index (χ4n) is 2.20. The fraction of sp³-hybridized carbons (Fsp3) is 0.0667. The Hall–Kier alpha value is -2.82. The number of para-hydroxylation sites is 1. The molecule has 3 aromatic rings. The van der Waals surface area contributed by atoms with Crippen molar-refractivity contribution in [2.75, 3.05) is 7.11 Å². The van der Waals surface area contributed by atoms with Crippen molar-refractivity contribution in [3.05, 3.63) is 46.1 Å². The molecule has 100 valence electrons. The summed E-state index contributed by atoms with van der Waals surface area (Å²) in [4.78, 5) is 23.4. The number of methoxy groups -OCH3 is 1. The Morgan fingerprint density at radius 3 is 2.70 bits per heavy atom. The average Bonchev–Trinajstić information content (AvgIpc) is 2.47. The number of phenolic OH excluding ortho intramolecular Hbond substituents is 1. The first kappa shape index (κ1) is 12.2. The predicted molar refractivity (Wildman–Crippen MR) is 73.6 cm³/mol. The van der Waals surface area contributed by atoms with Gasteiger partial charge in [-0.2, -0.15) is 0 Å². The van der Waals surface area contributed by atoms with Crippen molar-refractivity contribution >= 4 is 28.2 Å². The molecule has 0 aliphatic rings. The van der Waals surface area contributed by atoms with Gasteiger partial charge in [0.1, 0.15) is 5.58 Å². The largest absolute Gasteiger partial charge is 0.504 e. The first-order chi connectivity index (χ1) is 9.67. The lowest BCUT2D eigenvalue weighted by atomic mass is 10.1. The van der Waals surface area contributed by atoms with E-state index in [2.05, 4.69) is 0 Å². The molecule has 0 fully saturated rings. The summed E-state index contributed by atoms with van der Waals surface area (Å²) in [7, 11) is 1.33. The number of aldehydes is 1. The van der Waals surface area contributed by atoms with Crippen LogP contribution in [0.5, 0.6) is 11.5 Å². The number of benzene rings is 2. The zero-order chi connectivity index (χ0) is 14.3. The topological polar surface area (TPSA) is 76.7 Å². The van der Waals surface area contributed by atoms with Gasteiger partial charge in [0.2, 0.25) is 11.2 Å². The molecule has 0 aliphatic heterocycles. The third kappa shape index (κ3) is 1.56.